The first-order valence-corrected chi connectivity index (χ1v) is 12.0. The molecule has 1 aliphatic heterocycles. The number of piperazine rings is 1. The number of anilines is 1. The molecule has 36 heavy (non-hydrogen) atoms. The van der Waals surface area contributed by atoms with Crippen molar-refractivity contribution < 1.29 is 9.90 Å². The number of carbonyl (C=O) groups excluding carboxylic acids is 1. The molecule has 4 heterocycles. The molecule has 0 spiro atoms. The van der Waals surface area contributed by atoms with Crippen LogP contribution in [0, 0.1) is 0 Å². The Balaban J connectivity index is 1.42. The highest BCUT2D eigenvalue weighted by atomic mass is 35.5. The van der Waals surface area contributed by atoms with Gasteiger partial charge in [-0.2, -0.15) is 0 Å². The van der Waals surface area contributed by atoms with Crippen LogP contribution in [0.1, 0.15) is 12.5 Å². The van der Waals surface area contributed by atoms with E-state index in [-0.39, 0.29) is 17.5 Å². The number of amides is 1. The lowest BCUT2D eigenvalue weighted by atomic mass is 10.2. The van der Waals surface area contributed by atoms with Gasteiger partial charge in [-0.25, -0.2) is 15.0 Å². The predicted molar refractivity (Wildman–Crippen MR) is 137 cm³/mol. The van der Waals surface area contributed by atoms with Crippen LogP contribution in [0.2, 0.25) is 5.02 Å². The fraction of sp³-hybridized carbons (Fsp3) is 0.320. The molecule has 0 bridgehead atoms. The Morgan fingerprint density at radius 3 is 2.58 bits per heavy atom. The molecule has 1 saturated heterocycles. The van der Waals surface area contributed by atoms with Crippen LogP contribution < -0.4 is 10.5 Å². The third-order valence-corrected chi connectivity index (χ3v) is 6.95. The number of aliphatic hydroxyl groups excluding tert-OH is 1. The van der Waals surface area contributed by atoms with E-state index in [1.165, 1.54) is 0 Å². The Kier molecular flexibility index (Phi) is 6.46. The number of hydrogen-bond acceptors (Lipinski definition) is 7. The maximum Gasteiger partial charge on any atom is 0.275 e. The van der Waals surface area contributed by atoms with Gasteiger partial charge in [-0.15, -0.1) is 0 Å². The molecule has 3 aromatic heterocycles. The SMILES string of the molecule is CC1CN(c2ncc(-c3ccc4c(=O)n(C)n(Cc5ccccc5Cl)c4n3)cn2)CCN1C(=O)CO. The molecule has 1 fully saturated rings. The Morgan fingerprint density at radius 1 is 1.14 bits per heavy atom. The quantitative estimate of drug-likeness (QED) is 0.439. The van der Waals surface area contributed by atoms with Crippen molar-refractivity contribution in [2.45, 2.75) is 19.5 Å². The molecular formula is C25H26ClN7O3. The molecule has 1 N–H and O–H groups in total. The van der Waals surface area contributed by atoms with Gasteiger partial charge in [0.05, 0.1) is 17.6 Å². The third kappa shape index (κ3) is 4.33. The molecule has 1 aliphatic rings. The van der Waals surface area contributed by atoms with E-state index in [2.05, 4.69) is 9.97 Å². The zero-order valence-electron chi connectivity index (χ0n) is 20.0. The van der Waals surface area contributed by atoms with Gasteiger partial charge in [-0.1, -0.05) is 29.8 Å². The summed E-state index contributed by atoms with van der Waals surface area (Å²) in [4.78, 5) is 42.2. The van der Waals surface area contributed by atoms with Crippen molar-refractivity contribution in [1.82, 2.24) is 29.2 Å². The van der Waals surface area contributed by atoms with Gasteiger partial charge < -0.3 is 14.9 Å². The Hall–Kier alpha value is -3.76. The Bertz CT molecular complexity index is 1480. The second kappa shape index (κ2) is 9.71. The second-order valence-electron chi connectivity index (χ2n) is 8.86. The summed E-state index contributed by atoms with van der Waals surface area (Å²) >= 11 is 6.36. The number of carbonyl (C=O) groups is 1. The van der Waals surface area contributed by atoms with Gasteiger partial charge in [0.2, 0.25) is 11.9 Å². The number of aromatic nitrogens is 5. The first-order valence-electron chi connectivity index (χ1n) is 11.6. The van der Waals surface area contributed by atoms with Gasteiger partial charge in [0, 0.05) is 55.7 Å². The summed E-state index contributed by atoms with van der Waals surface area (Å²) in [6, 6.07) is 11.0. The Morgan fingerprint density at radius 2 is 1.89 bits per heavy atom. The highest BCUT2D eigenvalue weighted by Gasteiger charge is 2.28. The summed E-state index contributed by atoms with van der Waals surface area (Å²) in [5.74, 6) is 0.298. The number of halogens is 1. The molecule has 1 amide bonds. The van der Waals surface area contributed by atoms with Gasteiger partial charge in [0.1, 0.15) is 6.61 Å². The molecular weight excluding hydrogens is 482 g/mol. The fourth-order valence-electron chi connectivity index (χ4n) is 4.59. The maximum absolute atomic E-state index is 12.8. The lowest BCUT2D eigenvalue weighted by Crippen LogP contribution is -2.55. The highest BCUT2D eigenvalue weighted by molar-refractivity contribution is 6.31. The van der Waals surface area contributed by atoms with E-state index < -0.39 is 6.61 Å². The van der Waals surface area contributed by atoms with Gasteiger partial charge in [0.25, 0.3) is 5.56 Å². The monoisotopic (exact) mass is 507 g/mol. The second-order valence-corrected chi connectivity index (χ2v) is 9.26. The van der Waals surface area contributed by atoms with Crippen LogP contribution in [0.5, 0.6) is 0 Å². The van der Waals surface area contributed by atoms with Gasteiger partial charge in [0.15, 0.2) is 5.65 Å². The minimum absolute atomic E-state index is 0.0568. The van der Waals surface area contributed by atoms with Crippen LogP contribution in [0.25, 0.3) is 22.3 Å². The zero-order valence-corrected chi connectivity index (χ0v) is 20.8. The van der Waals surface area contributed by atoms with E-state index in [9.17, 15) is 9.59 Å². The van der Waals surface area contributed by atoms with Crippen LogP contribution in [-0.4, -0.2) is 72.5 Å². The summed E-state index contributed by atoms with van der Waals surface area (Å²) in [5.41, 5.74) is 2.70. The summed E-state index contributed by atoms with van der Waals surface area (Å²) < 4.78 is 3.36. The maximum atomic E-state index is 12.8. The van der Waals surface area contributed by atoms with E-state index >= 15 is 0 Å². The van der Waals surface area contributed by atoms with Crippen LogP contribution in [0.4, 0.5) is 5.95 Å². The summed E-state index contributed by atoms with van der Waals surface area (Å²) in [6.07, 6.45) is 3.43. The molecule has 0 aliphatic carbocycles. The molecule has 0 radical (unpaired) electrons. The van der Waals surface area contributed by atoms with E-state index in [4.69, 9.17) is 21.7 Å². The number of pyridine rings is 1. The molecule has 0 saturated carbocycles. The smallest absolute Gasteiger partial charge is 0.275 e. The zero-order chi connectivity index (χ0) is 25.4. The van der Waals surface area contributed by atoms with Crippen molar-refractivity contribution in [1.29, 1.82) is 0 Å². The van der Waals surface area contributed by atoms with Crippen LogP contribution in [0.3, 0.4) is 0 Å². The minimum atomic E-state index is -0.486. The third-order valence-electron chi connectivity index (χ3n) is 6.58. The number of benzene rings is 1. The summed E-state index contributed by atoms with van der Waals surface area (Å²) in [6.45, 7) is 3.52. The van der Waals surface area contributed by atoms with E-state index in [0.717, 1.165) is 11.1 Å². The van der Waals surface area contributed by atoms with Crippen molar-refractivity contribution in [3.05, 3.63) is 69.7 Å². The molecule has 11 heteroatoms. The number of fused-ring (bicyclic) bond motifs is 1. The summed E-state index contributed by atoms with van der Waals surface area (Å²) in [7, 11) is 1.72. The highest BCUT2D eigenvalue weighted by Crippen LogP contribution is 2.23. The van der Waals surface area contributed by atoms with Crippen LogP contribution >= 0.6 is 11.6 Å². The molecule has 1 atom stereocenters. The Labute approximate surface area is 212 Å². The topological polar surface area (TPSA) is 109 Å². The molecule has 1 unspecified atom stereocenters. The number of rotatable bonds is 5. The lowest BCUT2D eigenvalue weighted by Gasteiger charge is -2.39. The standard InChI is InChI=1S/C25H26ClN7O3/c1-16-13-31(9-10-32(16)22(35)15-34)25-27-11-18(12-28-25)21-8-7-19-23(29-21)33(30(2)24(19)36)14-17-5-3-4-6-20(17)26/h3-8,11-12,16,34H,9-10,13-15H2,1-2H3. The first-order chi connectivity index (χ1) is 17.4. The average Bonchev–Trinajstić information content (AvgIpc) is 3.13. The number of nitrogens with zero attached hydrogens (tertiary/aromatic N) is 7. The largest absolute Gasteiger partial charge is 0.387 e. The van der Waals surface area contributed by atoms with Crippen molar-refractivity contribution in [3.63, 3.8) is 0 Å². The number of hydrogen-bond donors (Lipinski definition) is 1. The predicted octanol–water partition coefficient (Wildman–Crippen LogP) is 1.92. The van der Waals surface area contributed by atoms with Crippen molar-refractivity contribution in [2.75, 3.05) is 31.1 Å². The normalized spacial score (nSPS) is 16.1. The molecule has 4 aromatic rings. The van der Waals surface area contributed by atoms with Crippen molar-refractivity contribution >= 4 is 34.5 Å². The summed E-state index contributed by atoms with van der Waals surface area (Å²) in [5, 5.41) is 10.3. The van der Waals surface area contributed by atoms with Crippen LogP contribution in [0.15, 0.2) is 53.6 Å². The van der Waals surface area contributed by atoms with Crippen molar-refractivity contribution in [3.8, 4) is 11.3 Å². The average molecular weight is 508 g/mol. The van der Waals surface area contributed by atoms with E-state index in [1.807, 2.05) is 40.8 Å². The van der Waals surface area contributed by atoms with Crippen LogP contribution in [-0.2, 0) is 18.4 Å². The van der Waals surface area contributed by atoms with Gasteiger partial charge in [-0.3, -0.25) is 19.0 Å². The van der Waals surface area contributed by atoms with Gasteiger partial charge >= 0.3 is 0 Å². The molecule has 1 aromatic carbocycles. The molecule has 5 rings (SSSR count). The minimum Gasteiger partial charge on any atom is -0.387 e. The van der Waals surface area contributed by atoms with Gasteiger partial charge in [-0.05, 0) is 30.7 Å². The first kappa shape index (κ1) is 24.0. The van der Waals surface area contributed by atoms with Crippen molar-refractivity contribution in [2.24, 2.45) is 7.05 Å². The lowest BCUT2D eigenvalue weighted by molar-refractivity contribution is -0.136. The molecule has 186 valence electrons. The fourth-order valence-corrected chi connectivity index (χ4v) is 4.78. The molecule has 10 nitrogen and oxygen atoms in total. The van der Waals surface area contributed by atoms with E-state index in [0.29, 0.717) is 53.9 Å². The number of aliphatic hydroxyl groups is 1. The van der Waals surface area contributed by atoms with E-state index in [1.54, 1.807) is 41.2 Å².